The van der Waals surface area contributed by atoms with Crippen LogP contribution in [0, 0.1) is 11.3 Å². The topological polar surface area (TPSA) is 99.8 Å². The fourth-order valence-corrected chi connectivity index (χ4v) is 2.13. The zero-order valence-corrected chi connectivity index (χ0v) is 13.5. The van der Waals surface area contributed by atoms with E-state index < -0.39 is 12.1 Å². The van der Waals surface area contributed by atoms with Gasteiger partial charge in [0.05, 0.1) is 0 Å². The van der Waals surface area contributed by atoms with Gasteiger partial charge in [0.25, 0.3) is 0 Å². The highest BCUT2D eigenvalue weighted by Gasteiger charge is 2.16. The van der Waals surface area contributed by atoms with Crippen molar-refractivity contribution >= 4 is 12.0 Å². The molecule has 0 radical (unpaired) electrons. The minimum atomic E-state index is -0.798. The summed E-state index contributed by atoms with van der Waals surface area (Å²) in [5.74, 6) is -1.43. The molecule has 25 heavy (non-hydrogen) atoms. The Labute approximate surface area is 145 Å². The van der Waals surface area contributed by atoms with Crippen LogP contribution in [0.25, 0.3) is 6.08 Å². The van der Waals surface area contributed by atoms with Crippen LogP contribution in [0.3, 0.4) is 0 Å². The monoisotopic (exact) mass is 339 g/mol. The zero-order valence-electron chi connectivity index (χ0n) is 13.5. The van der Waals surface area contributed by atoms with Crippen LogP contribution < -0.4 is 0 Å². The fraction of sp³-hybridized carbons (Fsp3) is 0.158. The first-order valence-corrected chi connectivity index (χ1v) is 7.43. The third-order valence-corrected chi connectivity index (χ3v) is 3.47. The van der Waals surface area contributed by atoms with Crippen molar-refractivity contribution in [2.45, 2.75) is 6.10 Å². The van der Waals surface area contributed by atoms with E-state index in [1.807, 2.05) is 30.3 Å². The van der Waals surface area contributed by atoms with E-state index in [9.17, 15) is 15.0 Å². The average molecular weight is 339 g/mol. The molecule has 0 aliphatic heterocycles. The molecule has 0 aromatic heterocycles. The molecule has 128 valence electrons. The summed E-state index contributed by atoms with van der Waals surface area (Å²) >= 11 is 0. The number of benzene rings is 2. The van der Waals surface area contributed by atoms with Gasteiger partial charge in [-0.1, -0.05) is 36.4 Å². The number of hydrogen-bond donors (Lipinski definition) is 2. The summed E-state index contributed by atoms with van der Waals surface area (Å²) in [6.45, 7) is -0.0425. The molecule has 0 bridgehead atoms. The second-order valence-corrected chi connectivity index (χ2v) is 5.15. The van der Waals surface area contributed by atoms with Gasteiger partial charge in [-0.15, -0.1) is 0 Å². The summed E-state index contributed by atoms with van der Waals surface area (Å²) in [4.78, 5) is 12.1. The molecule has 1 unspecified atom stereocenters. The van der Waals surface area contributed by atoms with Gasteiger partial charge in [0.2, 0.25) is 0 Å². The summed E-state index contributed by atoms with van der Waals surface area (Å²) in [5, 5.41) is 27.9. The lowest BCUT2D eigenvalue weighted by Crippen LogP contribution is -2.15. The van der Waals surface area contributed by atoms with Crippen molar-refractivity contribution in [3.8, 4) is 17.6 Å². The number of nitriles is 1. The number of ether oxygens (including phenoxy) is 2. The number of phenols is 2. The Morgan fingerprint density at radius 2 is 1.92 bits per heavy atom. The van der Waals surface area contributed by atoms with E-state index in [0.29, 0.717) is 5.56 Å². The molecule has 1 atom stereocenters. The Balaban J connectivity index is 2.08. The largest absolute Gasteiger partial charge is 0.504 e. The maximum Gasteiger partial charge on any atom is 0.349 e. The van der Waals surface area contributed by atoms with Gasteiger partial charge in [-0.2, -0.15) is 5.26 Å². The second kappa shape index (κ2) is 8.52. The Bertz CT molecular complexity index is 808. The summed E-state index contributed by atoms with van der Waals surface area (Å²) in [6, 6.07) is 15.0. The van der Waals surface area contributed by atoms with Gasteiger partial charge < -0.3 is 19.7 Å². The van der Waals surface area contributed by atoms with Crippen LogP contribution in [0.15, 0.2) is 54.1 Å². The van der Waals surface area contributed by atoms with E-state index in [0.717, 1.165) is 5.56 Å². The molecule has 6 heteroatoms. The Morgan fingerprint density at radius 1 is 1.20 bits per heavy atom. The third kappa shape index (κ3) is 4.83. The van der Waals surface area contributed by atoms with Crippen molar-refractivity contribution < 1.29 is 24.5 Å². The summed E-state index contributed by atoms with van der Waals surface area (Å²) in [5.41, 5.74) is 1.01. The number of esters is 1. The lowest BCUT2D eigenvalue weighted by Gasteiger charge is -2.15. The molecule has 2 aromatic carbocycles. The van der Waals surface area contributed by atoms with Gasteiger partial charge in [0, 0.05) is 7.11 Å². The van der Waals surface area contributed by atoms with Gasteiger partial charge in [0.1, 0.15) is 24.4 Å². The minimum absolute atomic E-state index is 0.0425. The van der Waals surface area contributed by atoms with Crippen LogP contribution in [-0.2, 0) is 14.3 Å². The van der Waals surface area contributed by atoms with E-state index >= 15 is 0 Å². The Hall–Kier alpha value is -3.30. The highest BCUT2D eigenvalue weighted by Crippen LogP contribution is 2.26. The quantitative estimate of drug-likeness (QED) is 0.363. The van der Waals surface area contributed by atoms with E-state index in [2.05, 4.69) is 0 Å². The molecule has 0 fully saturated rings. The summed E-state index contributed by atoms with van der Waals surface area (Å²) < 4.78 is 10.5. The molecule has 0 aliphatic rings. The summed E-state index contributed by atoms with van der Waals surface area (Å²) in [6.07, 6.45) is 0.828. The maximum atomic E-state index is 12.1. The standard InChI is InChI=1S/C19H17NO5/c1-24-18(14-5-3-2-4-6-14)12-25-19(23)15(11-20)9-13-7-8-16(21)17(22)10-13/h2-10,18,21-22H,12H2,1H3. The maximum absolute atomic E-state index is 12.1. The first kappa shape index (κ1) is 18.0. The number of carbonyl (C=O) groups excluding carboxylic acids is 1. The molecule has 0 saturated carbocycles. The molecular formula is C19H17NO5. The SMILES string of the molecule is COC(COC(=O)C(C#N)=Cc1ccc(O)c(O)c1)c1ccccc1. The molecule has 0 saturated heterocycles. The molecule has 2 N–H and O–H groups in total. The lowest BCUT2D eigenvalue weighted by atomic mass is 10.1. The van der Waals surface area contributed by atoms with Crippen LogP contribution in [0.2, 0.25) is 0 Å². The van der Waals surface area contributed by atoms with Crippen molar-refractivity contribution in [1.82, 2.24) is 0 Å². The molecular weight excluding hydrogens is 322 g/mol. The molecule has 0 amide bonds. The van der Waals surface area contributed by atoms with Gasteiger partial charge in [-0.3, -0.25) is 0 Å². The number of phenolic OH excluding ortho intramolecular Hbond substituents is 2. The highest BCUT2D eigenvalue weighted by molar-refractivity contribution is 5.98. The minimum Gasteiger partial charge on any atom is -0.504 e. The fourth-order valence-electron chi connectivity index (χ4n) is 2.13. The van der Waals surface area contributed by atoms with Gasteiger partial charge in [0.15, 0.2) is 11.5 Å². The summed E-state index contributed by atoms with van der Waals surface area (Å²) in [7, 11) is 1.51. The normalized spacial score (nSPS) is 12.2. The lowest BCUT2D eigenvalue weighted by molar-refractivity contribution is -0.142. The van der Waals surface area contributed by atoms with E-state index in [-0.39, 0.29) is 23.7 Å². The number of rotatable bonds is 6. The first-order valence-electron chi connectivity index (χ1n) is 7.43. The zero-order chi connectivity index (χ0) is 18.2. The number of hydrogen-bond acceptors (Lipinski definition) is 6. The average Bonchev–Trinajstić information content (AvgIpc) is 2.63. The molecule has 2 rings (SSSR count). The van der Waals surface area contributed by atoms with Crippen molar-refractivity contribution in [2.24, 2.45) is 0 Å². The van der Waals surface area contributed by atoms with Crippen LogP contribution in [0.4, 0.5) is 0 Å². The smallest absolute Gasteiger partial charge is 0.349 e. The molecule has 0 aliphatic carbocycles. The van der Waals surface area contributed by atoms with E-state index in [4.69, 9.17) is 14.7 Å². The number of aromatic hydroxyl groups is 2. The molecule has 2 aromatic rings. The molecule has 0 heterocycles. The Kier molecular flexibility index (Phi) is 6.15. The molecule has 6 nitrogen and oxygen atoms in total. The number of nitrogens with zero attached hydrogens (tertiary/aromatic N) is 1. The predicted molar refractivity (Wildman–Crippen MR) is 90.5 cm³/mol. The molecule has 0 spiro atoms. The van der Waals surface area contributed by atoms with Gasteiger partial charge in [-0.05, 0) is 29.3 Å². The van der Waals surface area contributed by atoms with Crippen LogP contribution >= 0.6 is 0 Å². The van der Waals surface area contributed by atoms with Crippen molar-refractivity contribution in [2.75, 3.05) is 13.7 Å². The van der Waals surface area contributed by atoms with Crippen LogP contribution in [0.1, 0.15) is 17.2 Å². The highest BCUT2D eigenvalue weighted by atomic mass is 16.6. The van der Waals surface area contributed by atoms with Crippen molar-refractivity contribution in [3.05, 3.63) is 65.2 Å². The second-order valence-electron chi connectivity index (χ2n) is 5.15. The van der Waals surface area contributed by atoms with E-state index in [1.165, 1.54) is 31.4 Å². The van der Waals surface area contributed by atoms with E-state index in [1.54, 1.807) is 6.07 Å². The Morgan fingerprint density at radius 3 is 2.52 bits per heavy atom. The van der Waals surface area contributed by atoms with Crippen molar-refractivity contribution in [3.63, 3.8) is 0 Å². The van der Waals surface area contributed by atoms with Gasteiger partial charge >= 0.3 is 5.97 Å². The van der Waals surface area contributed by atoms with Gasteiger partial charge in [-0.25, -0.2) is 4.79 Å². The van der Waals surface area contributed by atoms with Crippen LogP contribution in [-0.4, -0.2) is 29.9 Å². The third-order valence-electron chi connectivity index (χ3n) is 3.47. The van der Waals surface area contributed by atoms with Crippen molar-refractivity contribution in [1.29, 1.82) is 5.26 Å². The van der Waals surface area contributed by atoms with Crippen LogP contribution in [0.5, 0.6) is 11.5 Å². The predicted octanol–water partition coefficient (Wildman–Crippen LogP) is 2.94. The number of carbonyl (C=O) groups is 1. The first-order chi connectivity index (χ1) is 12.0. The number of methoxy groups -OCH3 is 1.